The number of carbonyl (C=O) groups excluding carboxylic acids is 2. The third kappa shape index (κ3) is 4.12. The van der Waals surface area contributed by atoms with Crippen molar-refractivity contribution in [1.82, 2.24) is 0 Å². The summed E-state index contributed by atoms with van der Waals surface area (Å²) >= 11 is 5.81. The Bertz CT molecular complexity index is 785. The maximum Gasteiger partial charge on any atom is 0.338 e. The van der Waals surface area contributed by atoms with E-state index in [2.05, 4.69) is 0 Å². The molecule has 6 heteroatoms. The zero-order valence-electron chi connectivity index (χ0n) is 13.7. The van der Waals surface area contributed by atoms with E-state index in [9.17, 15) is 9.59 Å². The molecule has 0 saturated carbocycles. The molecule has 0 aromatic heterocycles. The second kappa shape index (κ2) is 7.57. The van der Waals surface area contributed by atoms with Crippen LogP contribution in [0.1, 0.15) is 34.1 Å². The fraction of sp³-hybridized carbons (Fsp3) is 0.263. The number of ketones is 1. The Balaban J connectivity index is 1.70. The summed E-state index contributed by atoms with van der Waals surface area (Å²) in [5.41, 5.74) is 0.739. The Hall–Kier alpha value is -2.53. The lowest BCUT2D eigenvalue weighted by molar-refractivity contribution is 0.0318. The number of halogens is 1. The Morgan fingerprint density at radius 1 is 1.00 bits per heavy atom. The van der Waals surface area contributed by atoms with Gasteiger partial charge in [-0.05, 0) is 49.4 Å². The van der Waals surface area contributed by atoms with Crippen molar-refractivity contribution in [2.75, 3.05) is 13.2 Å². The van der Waals surface area contributed by atoms with Crippen LogP contribution in [0.25, 0.3) is 0 Å². The van der Waals surface area contributed by atoms with Crippen LogP contribution in [0.15, 0.2) is 42.5 Å². The minimum absolute atomic E-state index is 0.292. The van der Waals surface area contributed by atoms with E-state index in [4.69, 9.17) is 25.8 Å². The van der Waals surface area contributed by atoms with Crippen molar-refractivity contribution in [2.24, 2.45) is 0 Å². The zero-order chi connectivity index (χ0) is 17.8. The van der Waals surface area contributed by atoms with Crippen LogP contribution >= 0.6 is 11.6 Å². The maximum absolute atomic E-state index is 12.3. The zero-order valence-corrected chi connectivity index (χ0v) is 14.4. The number of benzene rings is 2. The van der Waals surface area contributed by atoms with Crippen LogP contribution in [0.3, 0.4) is 0 Å². The molecule has 1 aliphatic rings. The van der Waals surface area contributed by atoms with E-state index in [0.29, 0.717) is 40.9 Å². The third-order valence-electron chi connectivity index (χ3n) is 3.77. The van der Waals surface area contributed by atoms with Gasteiger partial charge in [0.15, 0.2) is 17.6 Å². The largest absolute Gasteiger partial charge is 0.490 e. The van der Waals surface area contributed by atoms with E-state index in [1.807, 2.05) is 0 Å². The standard InChI is InChI=1S/C19H17ClO5/c1-12(18(21)13-3-6-15(20)7-4-13)25-19(22)14-5-8-16-17(11-14)24-10-2-9-23-16/h3-8,11-12H,2,9-10H2,1H3. The van der Waals surface area contributed by atoms with Crippen LogP contribution in [-0.4, -0.2) is 31.1 Å². The minimum atomic E-state index is -0.912. The normalized spacial score (nSPS) is 14.3. The summed E-state index contributed by atoms with van der Waals surface area (Å²) in [6.45, 7) is 2.64. The summed E-state index contributed by atoms with van der Waals surface area (Å²) in [5.74, 6) is 0.216. The topological polar surface area (TPSA) is 61.8 Å². The molecular weight excluding hydrogens is 344 g/mol. The van der Waals surface area contributed by atoms with Crippen molar-refractivity contribution >= 4 is 23.4 Å². The van der Waals surface area contributed by atoms with Crippen LogP contribution in [0, 0.1) is 0 Å². The summed E-state index contributed by atoms with van der Waals surface area (Å²) < 4.78 is 16.4. The van der Waals surface area contributed by atoms with Crippen LogP contribution < -0.4 is 9.47 Å². The van der Waals surface area contributed by atoms with E-state index in [-0.39, 0.29) is 5.78 Å². The van der Waals surface area contributed by atoms with E-state index >= 15 is 0 Å². The molecule has 1 atom stereocenters. The molecule has 0 saturated heterocycles. The van der Waals surface area contributed by atoms with Crippen molar-refractivity contribution in [3.63, 3.8) is 0 Å². The highest BCUT2D eigenvalue weighted by Gasteiger charge is 2.22. The Kier molecular flexibility index (Phi) is 5.24. The average Bonchev–Trinajstić information content (AvgIpc) is 2.86. The molecular formula is C19H17ClO5. The van der Waals surface area contributed by atoms with Gasteiger partial charge in [-0.15, -0.1) is 0 Å². The number of esters is 1. The monoisotopic (exact) mass is 360 g/mol. The van der Waals surface area contributed by atoms with Crippen LogP contribution in [0.5, 0.6) is 11.5 Å². The Morgan fingerprint density at radius 2 is 1.64 bits per heavy atom. The highest BCUT2D eigenvalue weighted by atomic mass is 35.5. The third-order valence-corrected chi connectivity index (χ3v) is 4.02. The summed E-state index contributed by atoms with van der Waals surface area (Å²) in [6, 6.07) is 11.3. The molecule has 0 amide bonds. The molecule has 3 rings (SSSR count). The second-order valence-corrected chi connectivity index (χ2v) is 6.07. The summed E-state index contributed by atoms with van der Waals surface area (Å²) in [6.07, 6.45) is -0.134. The van der Waals surface area contributed by atoms with Crippen molar-refractivity contribution in [1.29, 1.82) is 0 Å². The fourth-order valence-corrected chi connectivity index (χ4v) is 2.55. The smallest absolute Gasteiger partial charge is 0.338 e. The lowest BCUT2D eigenvalue weighted by atomic mass is 10.1. The van der Waals surface area contributed by atoms with Gasteiger partial charge in [0.2, 0.25) is 5.78 Å². The van der Waals surface area contributed by atoms with E-state index in [1.54, 1.807) is 42.5 Å². The van der Waals surface area contributed by atoms with Gasteiger partial charge >= 0.3 is 5.97 Å². The Labute approximate surface area is 150 Å². The molecule has 0 fully saturated rings. The van der Waals surface area contributed by atoms with Crippen LogP contribution in [-0.2, 0) is 4.74 Å². The molecule has 5 nitrogen and oxygen atoms in total. The van der Waals surface area contributed by atoms with Crippen LogP contribution in [0.2, 0.25) is 5.02 Å². The fourth-order valence-electron chi connectivity index (χ4n) is 2.42. The molecule has 0 N–H and O–H groups in total. The first-order valence-electron chi connectivity index (χ1n) is 7.95. The molecule has 25 heavy (non-hydrogen) atoms. The molecule has 2 aromatic carbocycles. The number of carbonyl (C=O) groups is 2. The van der Waals surface area contributed by atoms with Gasteiger partial charge in [0.1, 0.15) is 0 Å². The maximum atomic E-state index is 12.3. The SMILES string of the molecule is CC(OC(=O)c1ccc2c(c1)OCCCO2)C(=O)c1ccc(Cl)cc1. The molecule has 0 bridgehead atoms. The van der Waals surface area contributed by atoms with Gasteiger partial charge in [-0.3, -0.25) is 4.79 Å². The first-order valence-corrected chi connectivity index (χ1v) is 8.33. The van der Waals surface area contributed by atoms with Gasteiger partial charge in [-0.1, -0.05) is 11.6 Å². The van der Waals surface area contributed by atoms with Gasteiger partial charge in [-0.2, -0.15) is 0 Å². The molecule has 2 aromatic rings. The molecule has 130 valence electrons. The Morgan fingerprint density at radius 3 is 2.36 bits per heavy atom. The van der Waals surface area contributed by atoms with Gasteiger partial charge in [-0.25, -0.2) is 4.79 Å². The molecule has 1 heterocycles. The lowest BCUT2D eigenvalue weighted by Crippen LogP contribution is -2.24. The van der Waals surface area contributed by atoms with E-state index in [1.165, 1.54) is 6.92 Å². The number of fused-ring (bicyclic) bond motifs is 1. The van der Waals surface area contributed by atoms with E-state index in [0.717, 1.165) is 6.42 Å². The van der Waals surface area contributed by atoms with Crippen molar-refractivity contribution in [3.05, 3.63) is 58.6 Å². The molecule has 1 aliphatic heterocycles. The quantitative estimate of drug-likeness (QED) is 0.610. The lowest BCUT2D eigenvalue weighted by Gasteiger charge is -2.13. The van der Waals surface area contributed by atoms with Crippen molar-refractivity contribution in [3.8, 4) is 11.5 Å². The van der Waals surface area contributed by atoms with Crippen molar-refractivity contribution in [2.45, 2.75) is 19.4 Å². The molecule has 0 spiro atoms. The highest BCUT2D eigenvalue weighted by Crippen LogP contribution is 2.30. The first-order chi connectivity index (χ1) is 12.0. The number of hydrogen-bond acceptors (Lipinski definition) is 5. The molecule has 0 radical (unpaired) electrons. The predicted molar refractivity (Wildman–Crippen MR) is 92.7 cm³/mol. The first kappa shape index (κ1) is 17.3. The summed E-state index contributed by atoms with van der Waals surface area (Å²) in [5, 5.41) is 0.536. The van der Waals surface area contributed by atoms with Gasteiger partial charge in [0.05, 0.1) is 18.8 Å². The van der Waals surface area contributed by atoms with Gasteiger partial charge in [0, 0.05) is 17.0 Å². The van der Waals surface area contributed by atoms with E-state index < -0.39 is 12.1 Å². The number of rotatable bonds is 4. The number of ether oxygens (including phenoxy) is 3. The predicted octanol–water partition coefficient (Wildman–Crippen LogP) is 3.93. The van der Waals surface area contributed by atoms with Gasteiger partial charge in [0.25, 0.3) is 0 Å². The number of Topliss-reactive ketones (excluding diaryl/α,β-unsaturated/α-hetero) is 1. The highest BCUT2D eigenvalue weighted by molar-refractivity contribution is 6.30. The summed E-state index contributed by atoms with van der Waals surface area (Å²) in [7, 11) is 0. The number of hydrogen-bond donors (Lipinski definition) is 0. The average molecular weight is 361 g/mol. The van der Waals surface area contributed by atoms with Gasteiger partial charge < -0.3 is 14.2 Å². The molecule has 1 unspecified atom stereocenters. The minimum Gasteiger partial charge on any atom is -0.490 e. The van der Waals surface area contributed by atoms with Crippen molar-refractivity contribution < 1.29 is 23.8 Å². The second-order valence-electron chi connectivity index (χ2n) is 5.63. The molecule has 0 aliphatic carbocycles. The summed E-state index contributed by atoms with van der Waals surface area (Å²) in [4.78, 5) is 24.7. The van der Waals surface area contributed by atoms with Crippen LogP contribution in [0.4, 0.5) is 0 Å².